The maximum Gasteiger partial charge on any atom is 0.353 e. The number of nitrogens with zero attached hydrogens (tertiary/aromatic N) is 2. The molecule has 0 saturated heterocycles. The normalized spacial score (nSPS) is 27.9. The van der Waals surface area contributed by atoms with Crippen LogP contribution in [-0.2, 0) is 6.42 Å². The van der Waals surface area contributed by atoms with Gasteiger partial charge in [-0.1, -0.05) is 18.2 Å². The summed E-state index contributed by atoms with van der Waals surface area (Å²) < 4.78 is 3.13. The van der Waals surface area contributed by atoms with Crippen LogP contribution in [0.1, 0.15) is 12.0 Å². The van der Waals surface area contributed by atoms with Crippen LogP contribution in [0.2, 0.25) is 0 Å². The van der Waals surface area contributed by atoms with Crippen LogP contribution in [0.25, 0.3) is 0 Å². The van der Waals surface area contributed by atoms with E-state index in [-0.39, 0.29) is 0 Å². The highest BCUT2D eigenvalue weighted by molar-refractivity contribution is 5.94. The predicted octanol–water partition coefficient (Wildman–Crippen LogP) is 2.10. The summed E-state index contributed by atoms with van der Waals surface area (Å²) in [5.74, 6) is 1.48. The van der Waals surface area contributed by atoms with Gasteiger partial charge in [-0.05, 0) is 6.42 Å². The molecule has 0 bridgehead atoms. The van der Waals surface area contributed by atoms with E-state index in [9.17, 15) is 0 Å². The first-order valence-electron chi connectivity index (χ1n) is 5.45. The number of aryl methyl sites for hydroxylation is 1. The van der Waals surface area contributed by atoms with Crippen LogP contribution in [-0.4, -0.2) is 24.5 Å². The Balaban J connectivity index is 2.26. The molecular formula is C13H16N2+2. The van der Waals surface area contributed by atoms with Crippen LogP contribution in [0.5, 0.6) is 0 Å². The quantitative estimate of drug-likeness (QED) is 0.445. The summed E-state index contributed by atoms with van der Waals surface area (Å²) in [6.45, 7) is 0. The second-order valence-electron chi connectivity index (χ2n) is 4.53. The molecule has 2 aliphatic heterocycles. The Labute approximate surface area is 90.4 Å². The van der Waals surface area contributed by atoms with Crippen molar-refractivity contribution in [1.82, 2.24) is 4.48 Å². The number of para-hydroxylation sites is 1. The van der Waals surface area contributed by atoms with E-state index in [1.807, 2.05) is 0 Å². The summed E-state index contributed by atoms with van der Waals surface area (Å²) in [6, 6.07) is 8.77. The molecule has 0 radical (unpaired) electrons. The third kappa shape index (κ3) is 1.05. The van der Waals surface area contributed by atoms with Crippen molar-refractivity contribution in [2.75, 3.05) is 14.1 Å². The SMILES string of the molecule is C[N+]1=C2CCc3ccccc3[N+]2(C)C=C1. The van der Waals surface area contributed by atoms with Crippen LogP contribution in [0.4, 0.5) is 5.69 Å². The van der Waals surface area contributed by atoms with Gasteiger partial charge >= 0.3 is 5.84 Å². The molecule has 1 atom stereocenters. The summed E-state index contributed by atoms with van der Waals surface area (Å²) in [5.41, 5.74) is 2.92. The van der Waals surface area contributed by atoms with Crippen LogP contribution in [0.3, 0.4) is 0 Å². The molecule has 1 unspecified atom stereocenters. The second-order valence-corrected chi connectivity index (χ2v) is 4.53. The van der Waals surface area contributed by atoms with Crippen LogP contribution < -0.4 is 4.48 Å². The highest BCUT2D eigenvalue weighted by atomic mass is 15.4. The summed E-state index contributed by atoms with van der Waals surface area (Å²) in [4.78, 5) is 0. The van der Waals surface area contributed by atoms with Crippen molar-refractivity contribution in [3.63, 3.8) is 0 Å². The monoisotopic (exact) mass is 200 g/mol. The highest BCUT2D eigenvalue weighted by Gasteiger charge is 2.45. The molecule has 0 aliphatic carbocycles. The van der Waals surface area contributed by atoms with E-state index in [2.05, 4.69) is 55.3 Å². The summed E-state index contributed by atoms with van der Waals surface area (Å²) in [6.07, 6.45) is 6.78. The Morgan fingerprint density at radius 2 is 2.00 bits per heavy atom. The fourth-order valence-electron chi connectivity index (χ4n) is 2.78. The lowest BCUT2D eigenvalue weighted by Gasteiger charge is -2.29. The van der Waals surface area contributed by atoms with E-state index in [0.29, 0.717) is 0 Å². The van der Waals surface area contributed by atoms with Crippen molar-refractivity contribution >= 4 is 11.5 Å². The fourth-order valence-corrected chi connectivity index (χ4v) is 2.78. The van der Waals surface area contributed by atoms with Gasteiger partial charge < -0.3 is 0 Å². The Kier molecular flexibility index (Phi) is 1.65. The first-order chi connectivity index (χ1) is 7.22. The minimum Gasteiger partial charge on any atom is -0.179 e. The minimum absolute atomic E-state index is 0.868. The van der Waals surface area contributed by atoms with Gasteiger partial charge in [0, 0.05) is 11.6 Å². The van der Waals surface area contributed by atoms with Crippen molar-refractivity contribution in [2.45, 2.75) is 12.8 Å². The Bertz CT molecular complexity index is 485. The van der Waals surface area contributed by atoms with E-state index in [1.165, 1.54) is 23.5 Å². The minimum atomic E-state index is 0.868. The highest BCUT2D eigenvalue weighted by Crippen LogP contribution is 2.35. The smallest absolute Gasteiger partial charge is 0.179 e. The largest absolute Gasteiger partial charge is 0.353 e. The fraction of sp³-hybridized carbons (Fsp3) is 0.308. The molecule has 2 aliphatic rings. The van der Waals surface area contributed by atoms with Crippen LogP contribution in [0, 0.1) is 0 Å². The number of fused-ring (bicyclic) bond motifs is 3. The molecule has 0 N–H and O–H groups in total. The predicted molar refractivity (Wildman–Crippen MR) is 62.8 cm³/mol. The van der Waals surface area contributed by atoms with Gasteiger partial charge in [0.1, 0.15) is 12.7 Å². The maximum absolute atomic E-state index is 2.27. The third-order valence-electron chi connectivity index (χ3n) is 3.64. The number of hydrogen-bond donors (Lipinski definition) is 0. The van der Waals surface area contributed by atoms with E-state index < -0.39 is 0 Å². The molecule has 1 aromatic carbocycles. The zero-order valence-electron chi connectivity index (χ0n) is 9.27. The number of benzene rings is 1. The van der Waals surface area contributed by atoms with Gasteiger partial charge in [0.25, 0.3) is 0 Å². The molecule has 76 valence electrons. The van der Waals surface area contributed by atoms with Gasteiger partial charge in [-0.2, -0.15) is 9.06 Å². The molecule has 0 saturated carbocycles. The third-order valence-corrected chi connectivity index (χ3v) is 3.64. The molecule has 15 heavy (non-hydrogen) atoms. The average Bonchev–Trinajstić information content (AvgIpc) is 2.56. The van der Waals surface area contributed by atoms with Gasteiger partial charge in [0.2, 0.25) is 6.20 Å². The summed E-state index contributed by atoms with van der Waals surface area (Å²) in [5, 5.41) is 0. The number of quaternary nitrogens is 1. The molecule has 2 nitrogen and oxygen atoms in total. The molecule has 2 heteroatoms. The van der Waals surface area contributed by atoms with Crippen molar-refractivity contribution in [1.29, 1.82) is 0 Å². The maximum atomic E-state index is 2.27. The first kappa shape index (κ1) is 8.86. The Morgan fingerprint density at radius 3 is 2.87 bits per heavy atom. The standard InChI is InChI=1S/C13H16N2/c1-14-9-10-15(2)12-6-4-3-5-11(12)7-8-13(14)15/h3-6,9-10H,7-8H2,1-2H3/q+2. The lowest BCUT2D eigenvalue weighted by Crippen LogP contribution is -2.48. The van der Waals surface area contributed by atoms with E-state index >= 15 is 0 Å². The Morgan fingerprint density at radius 1 is 1.20 bits per heavy atom. The van der Waals surface area contributed by atoms with Crippen molar-refractivity contribution in [3.8, 4) is 0 Å². The topological polar surface area (TPSA) is 3.01 Å². The Hall–Kier alpha value is -1.41. The van der Waals surface area contributed by atoms with Gasteiger partial charge in [-0.25, -0.2) is 0 Å². The first-order valence-corrected chi connectivity index (χ1v) is 5.45. The number of amidine groups is 1. The molecule has 0 spiro atoms. The van der Waals surface area contributed by atoms with Crippen molar-refractivity contribution in [3.05, 3.63) is 42.2 Å². The molecule has 0 aromatic heterocycles. The molecular weight excluding hydrogens is 184 g/mol. The van der Waals surface area contributed by atoms with Crippen molar-refractivity contribution in [2.24, 2.45) is 0 Å². The molecule has 0 amide bonds. The average molecular weight is 200 g/mol. The summed E-state index contributed by atoms with van der Waals surface area (Å²) in [7, 11) is 4.41. The van der Waals surface area contributed by atoms with E-state index in [1.54, 1.807) is 0 Å². The molecule has 0 fully saturated rings. The lowest BCUT2D eigenvalue weighted by atomic mass is 9.99. The van der Waals surface area contributed by atoms with E-state index in [0.717, 1.165) is 10.9 Å². The lowest BCUT2D eigenvalue weighted by molar-refractivity contribution is -0.422. The number of hydrogen-bond acceptors (Lipinski definition) is 0. The zero-order chi connectivity index (χ0) is 10.5. The van der Waals surface area contributed by atoms with Gasteiger partial charge in [0.05, 0.1) is 13.5 Å². The second kappa shape index (κ2) is 2.80. The molecule has 2 heterocycles. The summed E-state index contributed by atoms with van der Waals surface area (Å²) >= 11 is 0. The van der Waals surface area contributed by atoms with Crippen molar-refractivity contribution < 1.29 is 4.58 Å². The molecule has 3 rings (SSSR count). The van der Waals surface area contributed by atoms with Crippen LogP contribution >= 0.6 is 0 Å². The van der Waals surface area contributed by atoms with E-state index in [4.69, 9.17) is 0 Å². The van der Waals surface area contributed by atoms with Gasteiger partial charge in [-0.15, -0.1) is 0 Å². The zero-order valence-corrected chi connectivity index (χ0v) is 9.27. The van der Waals surface area contributed by atoms with Crippen LogP contribution in [0.15, 0.2) is 36.7 Å². The molecule has 1 aromatic rings. The van der Waals surface area contributed by atoms with Gasteiger partial charge in [0.15, 0.2) is 6.20 Å². The van der Waals surface area contributed by atoms with Gasteiger partial charge in [-0.3, -0.25) is 0 Å². The number of rotatable bonds is 0.